The molecule has 10 heteroatoms. The first-order valence-electron chi connectivity index (χ1n) is 8.74. The smallest absolute Gasteiger partial charge is 0.420 e. The fraction of sp³-hybridized carbons (Fsp3) is 0.526. The van der Waals surface area contributed by atoms with Crippen LogP contribution < -0.4 is 0 Å². The molecule has 29 heavy (non-hydrogen) atoms. The normalized spacial score (nSPS) is 11.4. The van der Waals surface area contributed by atoms with Crippen molar-refractivity contribution in [2.45, 2.75) is 59.3 Å². The number of methoxy groups -OCH3 is 1. The lowest BCUT2D eigenvalue weighted by molar-refractivity contribution is -0.385. The zero-order chi connectivity index (χ0) is 22.6. The van der Waals surface area contributed by atoms with Crippen LogP contribution in [0.2, 0.25) is 0 Å². The first kappa shape index (κ1) is 23.9. The summed E-state index contributed by atoms with van der Waals surface area (Å²) in [6.45, 7) is 9.50. The van der Waals surface area contributed by atoms with Crippen LogP contribution in [0.25, 0.3) is 0 Å². The molecule has 0 radical (unpaired) electrons. The molecule has 0 atom stereocenters. The maximum absolute atomic E-state index is 12.5. The Morgan fingerprint density at radius 2 is 1.48 bits per heavy atom. The third-order valence-corrected chi connectivity index (χ3v) is 3.23. The summed E-state index contributed by atoms with van der Waals surface area (Å²) >= 11 is 0. The molecule has 1 rings (SSSR count). The highest BCUT2D eigenvalue weighted by Crippen LogP contribution is 2.23. The van der Waals surface area contributed by atoms with Crippen LogP contribution >= 0.6 is 0 Å². The molecule has 0 bridgehead atoms. The Balaban J connectivity index is 3.31. The van der Waals surface area contributed by atoms with E-state index in [1.807, 2.05) is 0 Å². The standard InChI is InChI=1S/C19H26N2O8/c1-18(2,3)28-16(23)20(17(24)29-19(4,5)6)11-12-8-9-14(21(25)26)13(10-12)15(22)27-7/h8-10H,11H2,1-7H3. The maximum atomic E-state index is 12.5. The van der Waals surface area contributed by atoms with Crippen molar-refractivity contribution in [3.63, 3.8) is 0 Å². The van der Waals surface area contributed by atoms with Crippen LogP contribution in [0, 0.1) is 10.1 Å². The van der Waals surface area contributed by atoms with E-state index in [1.165, 1.54) is 12.1 Å². The van der Waals surface area contributed by atoms with Crippen molar-refractivity contribution >= 4 is 23.8 Å². The summed E-state index contributed by atoms with van der Waals surface area (Å²) in [5.41, 5.74) is -2.23. The van der Waals surface area contributed by atoms with E-state index < -0.39 is 40.0 Å². The highest BCUT2D eigenvalue weighted by atomic mass is 16.6. The number of carbonyl (C=O) groups excluding carboxylic acids is 3. The molecule has 0 aromatic heterocycles. The van der Waals surface area contributed by atoms with Crippen molar-refractivity contribution in [1.82, 2.24) is 4.90 Å². The van der Waals surface area contributed by atoms with E-state index in [0.29, 0.717) is 0 Å². The van der Waals surface area contributed by atoms with Crippen LogP contribution in [0.4, 0.5) is 15.3 Å². The second-order valence-electron chi connectivity index (χ2n) is 8.15. The lowest BCUT2D eigenvalue weighted by Gasteiger charge is -2.28. The minimum Gasteiger partial charge on any atom is -0.465 e. The Hall–Kier alpha value is -3.17. The fourth-order valence-corrected chi connectivity index (χ4v) is 2.13. The number of rotatable bonds is 4. The van der Waals surface area contributed by atoms with Crippen molar-refractivity contribution < 1.29 is 33.5 Å². The molecule has 0 saturated heterocycles. The number of nitrogens with zero attached hydrogens (tertiary/aromatic N) is 2. The van der Waals surface area contributed by atoms with Gasteiger partial charge in [0.15, 0.2) is 0 Å². The van der Waals surface area contributed by atoms with E-state index in [0.717, 1.165) is 18.1 Å². The van der Waals surface area contributed by atoms with Gasteiger partial charge in [-0.3, -0.25) is 10.1 Å². The summed E-state index contributed by atoms with van der Waals surface area (Å²) in [7, 11) is 1.09. The predicted molar refractivity (Wildman–Crippen MR) is 102 cm³/mol. The molecule has 0 spiro atoms. The number of imide groups is 1. The Bertz CT molecular complexity index is 777. The number of ether oxygens (including phenoxy) is 3. The number of nitro groups is 1. The van der Waals surface area contributed by atoms with Gasteiger partial charge >= 0.3 is 18.2 Å². The molecule has 1 aromatic rings. The predicted octanol–water partition coefficient (Wildman–Crippen LogP) is 4.05. The van der Waals surface area contributed by atoms with E-state index in [4.69, 9.17) is 9.47 Å². The van der Waals surface area contributed by atoms with Crippen LogP contribution in [-0.2, 0) is 20.8 Å². The van der Waals surface area contributed by atoms with Gasteiger partial charge in [0.25, 0.3) is 5.69 Å². The summed E-state index contributed by atoms with van der Waals surface area (Å²) < 4.78 is 15.1. The number of nitro benzene ring substituents is 1. The molecule has 0 N–H and O–H groups in total. The lowest BCUT2D eigenvalue weighted by atomic mass is 10.1. The Morgan fingerprint density at radius 1 is 1.00 bits per heavy atom. The molecular formula is C19H26N2O8. The Kier molecular flexibility index (Phi) is 7.32. The number of hydrogen-bond acceptors (Lipinski definition) is 8. The minimum absolute atomic E-state index is 0.271. The van der Waals surface area contributed by atoms with Gasteiger partial charge in [0, 0.05) is 6.07 Å². The fourth-order valence-electron chi connectivity index (χ4n) is 2.13. The number of benzene rings is 1. The van der Waals surface area contributed by atoms with Gasteiger partial charge in [-0.1, -0.05) is 6.07 Å². The van der Waals surface area contributed by atoms with Gasteiger partial charge in [0.1, 0.15) is 16.8 Å². The molecule has 1 aromatic carbocycles. The van der Waals surface area contributed by atoms with Gasteiger partial charge in [0.2, 0.25) is 0 Å². The van der Waals surface area contributed by atoms with E-state index in [2.05, 4.69) is 4.74 Å². The lowest BCUT2D eigenvalue weighted by Crippen LogP contribution is -2.43. The van der Waals surface area contributed by atoms with Gasteiger partial charge in [0.05, 0.1) is 18.6 Å². The molecular weight excluding hydrogens is 384 g/mol. The van der Waals surface area contributed by atoms with Crippen LogP contribution in [0.3, 0.4) is 0 Å². The Morgan fingerprint density at radius 3 is 1.86 bits per heavy atom. The van der Waals surface area contributed by atoms with Crippen molar-refractivity contribution in [3.05, 3.63) is 39.4 Å². The van der Waals surface area contributed by atoms with Crippen LogP contribution in [-0.4, -0.2) is 46.3 Å². The molecule has 0 aliphatic carbocycles. The second kappa shape index (κ2) is 8.89. The Labute approximate surface area is 168 Å². The third kappa shape index (κ3) is 7.40. The van der Waals surface area contributed by atoms with E-state index >= 15 is 0 Å². The van der Waals surface area contributed by atoms with Crippen LogP contribution in [0.15, 0.2) is 18.2 Å². The van der Waals surface area contributed by atoms with Gasteiger partial charge in [-0.2, -0.15) is 0 Å². The van der Waals surface area contributed by atoms with Gasteiger partial charge in [-0.05, 0) is 53.2 Å². The quantitative estimate of drug-likeness (QED) is 0.315. The van der Waals surface area contributed by atoms with Crippen LogP contribution in [0.5, 0.6) is 0 Å². The molecule has 0 heterocycles. The highest BCUT2D eigenvalue weighted by molar-refractivity contribution is 5.94. The molecule has 10 nitrogen and oxygen atoms in total. The van der Waals surface area contributed by atoms with Crippen molar-refractivity contribution in [1.29, 1.82) is 0 Å². The first-order valence-corrected chi connectivity index (χ1v) is 8.74. The topological polar surface area (TPSA) is 125 Å². The maximum Gasteiger partial charge on any atom is 0.420 e. The zero-order valence-corrected chi connectivity index (χ0v) is 17.6. The molecule has 2 amide bonds. The molecule has 160 valence electrons. The molecule has 0 unspecified atom stereocenters. The number of hydrogen-bond donors (Lipinski definition) is 0. The van der Waals surface area contributed by atoms with E-state index in [9.17, 15) is 24.5 Å². The van der Waals surface area contributed by atoms with Crippen LogP contribution in [0.1, 0.15) is 57.5 Å². The summed E-state index contributed by atoms with van der Waals surface area (Å²) in [5.74, 6) is -0.917. The largest absolute Gasteiger partial charge is 0.465 e. The van der Waals surface area contributed by atoms with Crippen molar-refractivity contribution in [2.24, 2.45) is 0 Å². The minimum atomic E-state index is -0.954. The molecule has 0 saturated carbocycles. The number of amides is 2. The molecule has 0 aliphatic heterocycles. The first-order chi connectivity index (χ1) is 13.1. The van der Waals surface area contributed by atoms with Gasteiger partial charge in [-0.25, -0.2) is 19.3 Å². The van der Waals surface area contributed by atoms with Crippen molar-refractivity contribution in [3.8, 4) is 0 Å². The molecule has 0 aliphatic rings. The summed E-state index contributed by atoms with van der Waals surface area (Å²) in [4.78, 5) is 48.1. The van der Waals surface area contributed by atoms with Crippen molar-refractivity contribution in [2.75, 3.05) is 7.11 Å². The summed E-state index contributed by atoms with van der Waals surface area (Å²) in [6, 6.07) is 3.61. The number of esters is 1. The number of carbonyl (C=O) groups is 3. The van der Waals surface area contributed by atoms with E-state index in [1.54, 1.807) is 41.5 Å². The van der Waals surface area contributed by atoms with Gasteiger partial charge in [-0.15, -0.1) is 0 Å². The zero-order valence-electron chi connectivity index (χ0n) is 17.6. The highest BCUT2D eigenvalue weighted by Gasteiger charge is 2.32. The SMILES string of the molecule is COC(=O)c1cc(CN(C(=O)OC(C)(C)C)C(=O)OC(C)(C)C)ccc1[N+](=O)[O-]. The van der Waals surface area contributed by atoms with E-state index in [-0.39, 0.29) is 17.7 Å². The summed E-state index contributed by atoms with van der Waals surface area (Å²) in [6.07, 6.45) is -1.91. The third-order valence-electron chi connectivity index (χ3n) is 3.23. The monoisotopic (exact) mass is 410 g/mol. The second-order valence-corrected chi connectivity index (χ2v) is 8.15. The average Bonchev–Trinajstić information content (AvgIpc) is 2.55. The average molecular weight is 410 g/mol. The molecule has 0 fully saturated rings. The summed E-state index contributed by atoms with van der Waals surface area (Å²) in [5, 5.41) is 11.1. The van der Waals surface area contributed by atoms with Gasteiger partial charge < -0.3 is 14.2 Å².